The fourth-order valence-corrected chi connectivity index (χ4v) is 1.73. The Hall–Kier alpha value is -0.650. The molecule has 1 aliphatic heterocycles. The first-order valence-corrected chi connectivity index (χ1v) is 5.74. The summed E-state index contributed by atoms with van der Waals surface area (Å²) in [6.07, 6.45) is 0.211. The maximum absolute atomic E-state index is 11.6. The maximum atomic E-state index is 11.6. The van der Waals surface area contributed by atoms with Crippen LogP contribution >= 0.6 is 0 Å². The minimum Gasteiger partial charge on any atom is -0.383 e. The van der Waals surface area contributed by atoms with Crippen molar-refractivity contribution in [1.29, 1.82) is 0 Å². The highest BCUT2D eigenvalue weighted by Gasteiger charge is 2.24. The van der Waals surface area contributed by atoms with E-state index in [1.54, 1.807) is 7.11 Å². The summed E-state index contributed by atoms with van der Waals surface area (Å²) < 4.78 is 10.4. The molecule has 1 rings (SSSR count). The highest BCUT2D eigenvalue weighted by molar-refractivity contribution is 5.78. The van der Waals surface area contributed by atoms with Crippen LogP contribution in [0.3, 0.4) is 0 Å². The summed E-state index contributed by atoms with van der Waals surface area (Å²) in [4.78, 5) is 13.7. The Kier molecular flexibility index (Phi) is 5.73. The van der Waals surface area contributed by atoms with Gasteiger partial charge in [-0.25, -0.2) is 0 Å². The van der Waals surface area contributed by atoms with E-state index >= 15 is 0 Å². The molecule has 0 saturated carbocycles. The topological polar surface area (TPSA) is 50.8 Å². The lowest BCUT2D eigenvalue weighted by molar-refractivity contribution is -0.126. The molecular weight excluding hydrogens is 208 g/mol. The number of nitrogens with zero attached hydrogens (tertiary/aromatic N) is 1. The summed E-state index contributed by atoms with van der Waals surface area (Å²) >= 11 is 0. The Morgan fingerprint density at radius 3 is 3.00 bits per heavy atom. The van der Waals surface area contributed by atoms with Gasteiger partial charge in [-0.05, 0) is 13.8 Å². The van der Waals surface area contributed by atoms with Crippen molar-refractivity contribution in [2.45, 2.75) is 26.0 Å². The van der Waals surface area contributed by atoms with Crippen molar-refractivity contribution in [3.63, 3.8) is 0 Å². The van der Waals surface area contributed by atoms with Gasteiger partial charge in [0.05, 0.1) is 25.9 Å². The van der Waals surface area contributed by atoms with Gasteiger partial charge in [0.15, 0.2) is 0 Å². The van der Waals surface area contributed by atoms with Crippen LogP contribution in [0.4, 0.5) is 0 Å². The Bertz CT molecular complexity index is 223. The lowest BCUT2D eigenvalue weighted by atomic mass is 10.2. The molecule has 94 valence electrons. The van der Waals surface area contributed by atoms with E-state index in [1.165, 1.54) is 0 Å². The summed E-state index contributed by atoms with van der Waals surface area (Å²) in [6, 6.07) is 0.310. The third-order valence-corrected chi connectivity index (χ3v) is 2.71. The first-order valence-electron chi connectivity index (χ1n) is 5.74. The second-order valence-electron chi connectivity index (χ2n) is 4.27. The molecule has 1 amide bonds. The molecule has 0 aliphatic carbocycles. The molecule has 16 heavy (non-hydrogen) atoms. The van der Waals surface area contributed by atoms with Gasteiger partial charge in [0.1, 0.15) is 0 Å². The zero-order chi connectivity index (χ0) is 12.0. The maximum Gasteiger partial charge on any atom is 0.234 e. The molecule has 0 aromatic heterocycles. The van der Waals surface area contributed by atoms with Crippen molar-refractivity contribution in [3.8, 4) is 0 Å². The second kappa shape index (κ2) is 6.83. The molecular formula is C11H22N2O3. The predicted octanol–water partition coefficient (Wildman–Crippen LogP) is -0.142. The van der Waals surface area contributed by atoms with Gasteiger partial charge in [-0.2, -0.15) is 0 Å². The third kappa shape index (κ3) is 4.47. The zero-order valence-corrected chi connectivity index (χ0v) is 10.4. The number of nitrogens with one attached hydrogen (secondary N) is 1. The molecule has 2 unspecified atom stereocenters. The molecule has 1 aliphatic rings. The fraction of sp³-hybridized carbons (Fsp3) is 0.909. The van der Waals surface area contributed by atoms with Crippen LogP contribution in [0.5, 0.6) is 0 Å². The van der Waals surface area contributed by atoms with E-state index in [0.717, 1.165) is 6.54 Å². The van der Waals surface area contributed by atoms with Crippen LogP contribution in [-0.4, -0.2) is 62.9 Å². The van der Waals surface area contributed by atoms with Crippen molar-refractivity contribution in [2.24, 2.45) is 0 Å². The van der Waals surface area contributed by atoms with E-state index in [9.17, 15) is 4.79 Å². The van der Waals surface area contributed by atoms with Crippen LogP contribution in [0, 0.1) is 0 Å². The van der Waals surface area contributed by atoms with Gasteiger partial charge >= 0.3 is 0 Å². The number of amides is 1. The Morgan fingerprint density at radius 2 is 2.31 bits per heavy atom. The summed E-state index contributed by atoms with van der Waals surface area (Å²) in [5.41, 5.74) is 0. The van der Waals surface area contributed by atoms with E-state index in [4.69, 9.17) is 9.47 Å². The molecule has 1 heterocycles. The van der Waals surface area contributed by atoms with Gasteiger partial charge in [0, 0.05) is 26.2 Å². The Labute approximate surface area is 97.1 Å². The van der Waals surface area contributed by atoms with Crippen molar-refractivity contribution >= 4 is 5.91 Å². The van der Waals surface area contributed by atoms with Crippen molar-refractivity contribution in [2.75, 3.05) is 40.0 Å². The second-order valence-corrected chi connectivity index (χ2v) is 4.27. The minimum absolute atomic E-state index is 0.0537. The van der Waals surface area contributed by atoms with E-state index in [-0.39, 0.29) is 12.0 Å². The van der Waals surface area contributed by atoms with Gasteiger partial charge in [0.25, 0.3) is 0 Å². The number of rotatable bonds is 5. The zero-order valence-electron chi connectivity index (χ0n) is 10.4. The first-order chi connectivity index (χ1) is 7.63. The average molecular weight is 230 g/mol. The fourth-order valence-electron chi connectivity index (χ4n) is 1.73. The van der Waals surface area contributed by atoms with Gasteiger partial charge in [0.2, 0.25) is 5.91 Å². The molecule has 2 atom stereocenters. The van der Waals surface area contributed by atoms with Crippen molar-refractivity contribution < 1.29 is 14.3 Å². The number of morpholine rings is 1. The average Bonchev–Trinajstić information content (AvgIpc) is 2.24. The van der Waals surface area contributed by atoms with Crippen LogP contribution in [0.1, 0.15) is 13.8 Å². The molecule has 5 heteroatoms. The quantitative estimate of drug-likeness (QED) is 0.668. The van der Waals surface area contributed by atoms with Crippen LogP contribution in [0.25, 0.3) is 0 Å². The molecule has 1 fully saturated rings. The predicted molar refractivity (Wildman–Crippen MR) is 61.3 cm³/mol. The number of hydrogen-bond acceptors (Lipinski definition) is 4. The molecule has 0 radical (unpaired) electrons. The van der Waals surface area contributed by atoms with Crippen molar-refractivity contribution in [1.82, 2.24) is 10.2 Å². The lowest BCUT2D eigenvalue weighted by Crippen LogP contribution is -2.51. The largest absolute Gasteiger partial charge is 0.383 e. The molecule has 1 N–H and O–H groups in total. The molecule has 0 aromatic rings. The van der Waals surface area contributed by atoms with E-state index in [0.29, 0.717) is 32.3 Å². The van der Waals surface area contributed by atoms with Crippen LogP contribution < -0.4 is 5.32 Å². The standard InChI is InChI=1S/C11H22N2O3/c1-9-8-16-10(2)6-13(9)7-11(14)12-4-5-15-3/h9-10H,4-8H2,1-3H3,(H,12,14). The van der Waals surface area contributed by atoms with E-state index in [2.05, 4.69) is 17.1 Å². The normalized spacial score (nSPS) is 26.7. The molecule has 1 saturated heterocycles. The van der Waals surface area contributed by atoms with Gasteiger partial charge in [-0.1, -0.05) is 0 Å². The van der Waals surface area contributed by atoms with Crippen LogP contribution in [0.15, 0.2) is 0 Å². The monoisotopic (exact) mass is 230 g/mol. The Morgan fingerprint density at radius 1 is 1.56 bits per heavy atom. The number of hydrogen-bond donors (Lipinski definition) is 1. The summed E-state index contributed by atoms with van der Waals surface area (Å²) in [6.45, 7) is 7.20. The number of ether oxygens (including phenoxy) is 2. The highest BCUT2D eigenvalue weighted by atomic mass is 16.5. The molecule has 0 bridgehead atoms. The lowest BCUT2D eigenvalue weighted by Gasteiger charge is -2.36. The molecule has 0 aromatic carbocycles. The highest BCUT2D eigenvalue weighted by Crippen LogP contribution is 2.10. The van der Waals surface area contributed by atoms with Crippen molar-refractivity contribution in [3.05, 3.63) is 0 Å². The van der Waals surface area contributed by atoms with Gasteiger partial charge < -0.3 is 14.8 Å². The summed E-state index contributed by atoms with van der Waals surface area (Å²) in [5, 5.41) is 2.82. The van der Waals surface area contributed by atoms with Crippen LogP contribution in [0.2, 0.25) is 0 Å². The van der Waals surface area contributed by atoms with Gasteiger partial charge in [-0.3, -0.25) is 9.69 Å². The third-order valence-electron chi connectivity index (χ3n) is 2.71. The number of carbonyl (C=O) groups is 1. The first kappa shape index (κ1) is 13.4. The minimum atomic E-state index is 0.0537. The summed E-state index contributed by atoms with van der Waals surface area (Å²) in [7, 11) is 1.62. The Balaban J connectivity index is 2.25. The SMILES string of the molecule is COCCNC(=O)CN1CC(C)OCC1C. The molecule has 0 spiro atoms. The molecule has 5 nitrogen and oxygen atoms in total. The van der Waals surface area contributed by atoms with Gasteiger partial charge in [-0.15, -0.1) is 0 Å². The van der Waals surface area contributed by atoms with Crippen LogP contribution in [-0.2, 0) is 14.3 Å². The number of carbonyl (C=O) groups excluding carboxylic acids is 1. The van der Waals surface area contributed by atoms with E-state index in [1.807, 2.05) is 6.92 Å². The summed E-state index contributed by atoms with van der Waals surface area (Å²) in [5.74, 6) is 0.0537. The number of methoxy groups -OCH3 is 1. The van der Waals surface area contributed by atoms with E-state index < -0.39 is 0 Å². The smallest absolute Gasteiger partial charge is 0.234 e.